The fraction of sp³-hybridized carbons (Fsp3) is 0. The molecule has 0 saturated heterocycles. The summed E-state index contributed by atoms with van der Waals surface area (Å²) >= 11 is 1.66. The maximum atomic E-state index is 6.28. The molecule has 308 valence electrons. The van der Waals surface area contributed by atoms with Crippen molar-refractivity contribution >= 4 is 87.1 Å². The molecule has 5 aromatic heterocycles. The molecule has 0 aliphatic heterocycles. The van der Waals surface area contributed by atoms with Crippen molar-refractivity contribution in [3.05, 3.63) is 206 Å². The number of furan rings is 1. The van der Waals surface area contributed by atoms with Gasteiger partial charge in [-0.2, -0.15) is 9.97 Å². The van der Waals surface area contributed by atoms with Crippen LogP contribution in [0.1, 0.15) is 0 Å². The summed E-state index contributed by atoms with van der Waals surface area (Å²) < 4.78 is 11.9. The molecular weight excluding hydrogens is 829 g/mol. The molecule has 0 aliphatic carbocycles. The molecule has 8 heteroatoms. The lowest BCUT2D eigenvalue weighted by atomic mass is 10.0. The van der Waals surface area contributed by atoms with Gasteiger partial charge in [0, 0.05) is 54.7 Å². The first-order valence-electron chi connectivity index (χ1n) is 22.0. The lowest BCUT2D eigenvalue weighted by Crippen LogP contribution is -2.07. The van der Waals surface area contributed by atoms with E-state index in [0.29, 0.717) is 17.6 Å². The molecule has 0 unspecified atom stereocenters. The molecule has 7 nitrogen and oxygen atoms in total. The van der Waals surface area contributed by atoms with Gasteiger partial charge in [0.25, 0.3) is 0 Å². The Labute approximate surface area is 381 Å². The predicted octanol–water partition coefficient (Wildman–Crippen LogP) is 15.2. The van der Waals surface area contributed by atoms with E-state index in [1.807, 2.05) is 30.3 Å². The Hall–Kier alpha value is -8.72. The Morgan fingerprint density at radius 2 is 1.00 bits per heavy atom. The number of nitrogens with zero attached hydrogens (tertiary/aromatic N) is 6. The zero-order valence-electron chi connectivity index (χ0n) is 35.1. The van der Waals surface area contributed by atoms with Gasteiger partial charge in [-0.1, -0.05) is 140 Å². The molecule has 0 aliphatic rings. The van der Waals surface area contributed by atoms with Crippen molar-refractivity contribution in [3.8, 4) is 56.1 Å². The highest BCUT2D eigenvalue weighted by molar-refractivity contribution is 7.22. The van der Waals surface area contributed by atoms with Crippen molar-refractivity contribution < 1.29 is 4.42 Å². The first kappa shape index (κ1) is 36.7. The third kappa shape index (κ3) is 5.62. The van der Waals surface area contributed by atoms with Gasteiger partial charge in [0.15, 0.2) is 11.6 Å². The van der Waals surface area contributed by atoms with E-state index in [4.69, 9.17) is 24.4 Å². The Morgan fingerprint density at radius 3 is 1.80 bits per heavy atom. The van der Waals surface area contributed by atoms with Crippen LogP contribution in [0.4, 0.5) is 0 Å². The number of aromatic nitrogens is 6. The molecule has 0 radical (unpaired) electrons. The summed E-state index contributed by atoms with van der Waals surface area (Å²) in [7, 11) is 0. The first-order valence-corrected chi connectivity index (χ1v) is 22.8. The van der Waals surface area contributed by atoms with Crippen molar-refractivity contribution in [2.45, 2.75) is 0 Å². The topological polar surface area (TPSA) is 74.6 Å². The quantitative estimate of drug-likeness (QED) is 0.166. The summed E-state index contributed by atoms with van der Waals surface area (Å²) in [6.07, 6.45) is 0. The van der Waals surface area contributed by atoms with Gasteiger partial charge in [0.1, 0.15) is 16.2 Å². The molecule has 5 heterocycles. The maximum absolute atomic E-state index is 6.28. The highest BCUT2D eigenvalue weighted by atomic mass is 32.1. The van der Waals surface area contributed by atoms with Crippen molar-refractivity contribution in [1.82, 2.24) is 29.1 Å². The van der Waals surface area contributed by atoms with Crippen LogP contribution in [0, 0.1) is 0 Å². The zero-order valence-corrected chi connectivity index (χ0v) is 35.9. The molecule has 0 spiro atoms. The van der Waals surface area contributed by atoms with Crippen LogP contribution in [0.2, 0.25) is 0 Å². The lowest BCUT2D eigenvalue weighted by Gasteiger charge is -2.13. The van der Waals surface area contributed by atoms with Crippen molar-refractivity contribution in [1.29, 1.82) is 0 Å². The van der Waals surface area contributed by atoms with E-state index in [9.17, 15) is 0 Å². The number of thiazole rings is 1. The summed E-state index contributed by atoms with van der Waals surface area (Å²) in [5, 5.41) is 7.53. The Balaban J connectivity index is 1.06. The third-order valence-electron chi connectivity index (χ3n) is 12.8. The van der Waals surface area contributed by atoms with Gasteiger partial charge in [-0.3, -0.25) is 4.57 Å². The Morgan fingerprint density at radius 1 is 0.379 bits per heavy atom. The summed E-state index contributed by atoms with van der Waals surface area (Å²) in [6.45, 7) is 0. The summed E-state index contributed by atoms with van der Waals surface area (Å²) in [5.41, 5.74) is 13.0. The van der Waals surface area contributed by atoms with Gasteiger partial charge in [0.2, 0.25) is 5.95 Å². The molecule has 66 heavy (non-hydrogen) atoms. The summed E-state index contributed by atoms with van der Waals surface area (Å²) in [4.78, 5) is 21.6. The minimum Gasteiger partial charge on any atom is -0.456 e. The van der Waals surface area contributed by atoms with Crippen LogP contribution in [0.5, 0.6) is 0 Å². The van der Waals surface area contributed by atoms with Crippen LogP contribution < -0.4 is 0 Å². The van der Waals surface area contributed by atoms with Crippen LogP contribution in [0.25, 0.3) is 132 Å². The Kier molecular flexibility index (Phi) is 8.02. The zero-order chi connectivity index (χ0) is 43.3. The molecule has 14 rings (SSSR count). The number of para-hydroxylation sites is 4. The molecular formula is C58H34N6OS. The second-order valence-electron chi connectivity index (χ2n) is 16.6. The predicted molar refractivity (Wildman–Crippen MR) is 271 cm³/mol. The Bertz CT molecular complexity index is 4240. The third-order valence-corrected chi connectivity index (χ3v) is 14.0. The normalized spacial score (nSPS) is 11.9. The number of hydrogen-bond donors (Lipinski definition) is 0. The molecule has 0 bridgehead atoms. The van der Waals surface area contributed by atoms with Crippen LogP contribution >= 0.6 is 11.3 Å². The van der Waals surface area contributed by atoms with Gasteiger partial charge in [-0.05, 0) is 77.9 Å². The molecule has 0 N–H and O–H groups in total. The highest BCUT2D eigenvalue weighted by Crippen LogP contribution is 2.43. The van der Waals surface area contributed by atoms with Gasteiger partial charge >= 0.3 is 0 Å². The van der Waals surface area contributed by atoms with Crippen molar-refractivity contribution in [2.24, 2.45) is 0 Å². The van der Waals surface area contributed by atoms with E-state index >= 15 is 0 Å². The highest BCUT2D eigenvalue weighted by Gasteiger charge is 2.24. The second-order valence-corrected chi connectivity index (χ2v) is 17.6. The van der Waals surface area contributed by atoms with E-state index in [1.165, 1.54) is 10.9 Å². The molecule has 14 aromatic rings. The smallest absolute Gasteiger partial charge is 0.238 e. The van der Waals surface area contributed by atoms with E-state index in [1.54, 1.807) is 11.3 Å². The number of hydrogen-bond acceptors (Lipinski definition) is 6. The molecule has 0 saturated carbocycles. The fourth-order valence-electron chi connectivity index (χ4n) is 9.84. The van der Waals surface area contributed by atoms with Crippen LogP contribution in [0.3, 0.4) is 0 Å². The van der Waals surface area contributed by atoms with Gasteiger partial charge in [-0.15, -0.1) is 11.3 Å². The average Bonchev–Trinajstić information content (AvgIpc) is 4.16. The fourth-order valence-corrected chi connectivity index (χ4v) is 10.9. The van der Waals surface area contributed by atoms with Gasteiger partial charge in [0.05, 0.1) is 32.3 Å². The summed E-state index contributed by atoms with van der Waals surface area (Å²) in [5.74, 6) is 1.64. The number of rotatable bonds is 6. The molecule has 0 atom stereocenters. The first-order chi connectivity index (χ1) is 32.7. The van der Waals surface area contributed by atoms with Gasteiger partial charge in [-0.25, -0.2) is 9.97 Å². The van der Waals surface area contributed by atoms with E-state index < -0.39 is 0 Å². The molecule has 0 fully saturated rings. The van der Waals surface area contributed by atoms with Crippen LogP contribution in [0.15, 0.2) is 211 Å². The second kappa shape index (κ2) is 14.4. The average molecular weight is 863 g/mol. The SMILES string of the molecule is c1ccc(-c2cccc(-c3nc4cccc(-c5nc(-c6ccc7oc8ccccc8c7c6)nc(-n6c7ccccc7c7ccc8c9ccccc9n(-c9ccccc9)c8c76)n5)c4s3)c2)cc1. The van der Waals surface area contributed by atoms with Gasteiger partial charge < -0.3 is 8.98 Å². The standard InChI is InChI=1S/C58H34N6OS/c1-3-15-35(16-4-1)36-17-13-18-38(33-36)57-59-47-25-14-24-45(54(47)66-57)56-60-55(37-29-32-51-46(34-37)42-23-9-12-28-50(42)65-51)61-58(62-56)64-49-27-11-8-22-41(49)44-31-30-43-40-21-7-10-26-48(40)63(52(43)53(44)64)39-19-5-2-6-20-39/h1-34H. The van der Waals surface area contributed by atoms with E-state index in [2.05, 4.69) is 185 Å². The van der Waals surface area contributed by atoms with Crippen molar-refractivity contribution in [3.63, 3.8) is 0 Å². The van der Waals surface area contributed by atoms with E-state index in [-0.39, 0.29) is 0 Å². The monoisotopic (exact) mass is 862 g/mol. The summed E-state index contributed by atoms with van der Waals surface area (Å²) in [6, 6.07) is 72.1. The van der Waals surface area contributed by atoms with Crippen LogP contribution in [-0.2, 0) is 0 Å². The molecule has 0 amide bonds. The van der Waals surface area contributed by atoms with Crippen molar-refractivity contribution in [2.75, 3.05) is 0 Å². The minimum atomic E-state index is 0.521. The lowest BCUT2D eigenvalue weighted by molar-refractivity contribution is 0.669. The molecule has 9 aromatic carbocycles. The maximum Gasteiger partial charge on any atom is 0.238 e. The van der Waals surface area contributed by atoms with Crippen LogP contribution in [-0.4, -0.2) is 29.1 Å². The largest absolute Gasteiger partial charge is 0.456 e. The number of fused-ring (bicyclic) bond motifs is 11. The number of benzene rings is 9. The minimum absolute atomic E-state index is 0.521. The van der Waals surface area contributed by atoms with E-state index in [0.717, 1.165) is 103 Å².